The van der Waals surface area contributed by atoms with Crippen LogP contribution in [-0.4, -0.2) is 17.8 Å². The van der Waals surface area contributed by atoms with Gasteiger partial charge in [0.25, 0.3) is 0 Å². The van der Waals surface area contributed by atoms with Crippen LogP contribution in [0.3, 0.4) is 0 Å². The predicted octanol–water partition coefficient (Wildman–Crippen LogP) is 3.66. The van der Waals surface area contributed by atoms with Crippen molar-refractivity contribution in [1.29, 1.82) is 0 Å². The van der Waals surface area contributed by atoms with E-state index in [1.165, 1.54) is 11.3 Å². The molecule has 1 aliphatic rings. The molecular formula is C10H12Cl2O2S. The SMILES string of the molecule is OC(c1cc(Cl)sc1Cl)C1CCCCO1. The smallest absolute Gasteiger partial charge is 0.107 e. The van der Waals surface area contributed by atoms with E-state index in [0.717, 1.165) is 25.9 Å². The molecule has 1 N–H and O–H groups in total. The van der Waals surface area contributed by atoms with E-state index >= 15 is 0 Å². The Morgan fingerprint density at radius 3 is 2.80 bits per heavy atom. The van der Waals surface area contributed by atoms with Gasteiger partial charge in [0.15, 0.2) is 0 Å². The van der Waals surface area contributed by atoms with Gasteiger partial charge in [0.2, 0.25) is 0 Å². The molecule has 2 unspecified atom stereocenters. The molecule has 0 saturated carbocycles. The van der Waals surface area contributed by atoms with Gasteiger partial charge in [-0.25, -0.2) is 0 Å². The van der Waals surface area contributed by atoms with E-state index in [0.29, 0.717) is 14.2 Å². The molecule has 5 heteroatoms. The summed E-state index contributed by atoms with van der Waals surface area (Å²) in [5.41, 5.74) is 0.693. The van der Waals surface area contributed by atoms with Gasteiger partial charge in [-0.1, -0.05) is 23.2 Å². The molecular weight excluding hydrogens is 255 g/mol. The quantitative estimate of drug-likeness (QED) is 0.886. The molecule has 2 atom stereocenters. The second-order valence-electron chi connectivity index (χ2n) is 3.63. The van der Waals surface area contributed by atoms with Gasteiger partial charge in [0.1, 0.15) is 10.4 Å². The van der Waals surface area contributed by atoms with Crippen molar-refractivity contribution in [3.05, 3.63) is 20.3 Å². The van der Waals surface area contributed by atoms with Crippen LogP contribution in [0.4, 0.5) is 0 Å². The van der Waals surface area contributed by atoms with Crippen molar-refractivity contribution in [2.45, 2.75) is 31.5 Å². The molecule has 1 aromatic heterocycles. The fourth-order valence-corrected chi connectivity index (χ4v) is 3.31. The van der Waals surface area contributed by atoms with E-state index in [1.807, 2.05) is 0 Å². The molecule has 84 valence electrons. The first kappa shape index (κ1) is 11.7. The third kappa shape index (κ3) is 2.66. The van der Waals surface area contributed by atoms with Crippen LogP contribution < -0.4 is 0 Å². The molecule has 0 bridgehead atoms. The third-order valence-electron chi connectivity index (χ3n) is 2.57. The topological polar surface area (TPSA) is 29.5 Å². The summed E-state index contributed by atoms with van der Waals surface area (Å²) in [7, 11) is 0. The highest BCUT2D eigenvalue weighted by Gasteiger charge is 2.26. The highest BCUT2D eigenvalue weighted by Crippen LogP contribution is 2.38. The summed E-state index contributed by atoms with van der Waals surface area (Å²) < 4.78 is 6.67. The number of aliphatic hydroxyl groups is 1. The molecule has 0 spiro atoms. The van der Waals surface area contributed by atoms with Crippen molar-refractivity contribution in [3.63, 3.8) is 0 Å². The minimum absolute atomic E-state index is 0.137. The Morgan fingerprint density at radius 2 is 2.27 bits per heavy atom. The van der Waals surface area contributed by atoms with Crippen molar-refractivity contribution < 1.29 is 9.84 Å². The fourth-order valence-electron chi connectivity index (χ4n) is 1.77. The summed E-state index contributed by atoms with van der Waals surface area (Å²) in [6.07, 6.45) is 2.26. The normalized spacial score (nSPS) is 24.1. The van der Waals surface area contributed by atoms with Crippen molar-refractivity contribution in [3.8, 4) is 0 Å². The third-order valence-corrected chi connectivity index (χ3v) is 4.09. The number of aliphatic hydroxyl groups excluding tert-OH is 1. The van der Waals surface area contributed by atoms with E-state index in [2.05, 4.69) is 0 Å². The lowest BCUT2D eigenvalue weighted by atomic mass is 10.0. The first-order chi connectivity index (χ1) is 7.18. The Morgan fingerprint density at radius 1 is 1.47 bits per heavy atom. The van der Waals surface area contributed by atoms with Gasteiger partial charge < -0.3 is 9.84 Å². The molecule has 0 aliphatic carbocycles. The van der Waals surface area contributed by atoms with Crippen LogP contribution in [0.25, 0.3) is 0 Å². The average Bonchev–Trinajstić information content (AvgIpc) is 2.58. The van der Waals surface area contributed by atoms with Gasteiger partial charge in [0.05, 0.1) is 10.4 Å². The summed E-state index contributed by atoms with van der Waals surface area (Å²) in [6.45, 7) is 0.719. The van der Waals surface area contributed by atoms with E-state index in [4.69, 9.17) is 27.9 Å². The van der Waals surface area contributed by atoms with E-state index in [1.54, 1.807) is 6.07 Å². The van der Waals surface area contributed by atoms with Gasteiger partial charge in [-0.2, -0.15) is 0 Å². The maximum absolute atomic E-state index is 10.1. The number of hydrogen-bond donors (Lipinski definition) is 1. The van der Waals surface area contributed by atoms with Gasteiger partial charge in [0, 0.05) is 12.2 Å². The maximum Gasteiger partial charge on any atom is 0.107 e. The van der Waals surface area contributed by atoms with Crippen molar-refractivity contribution in [2.75, 3.05) is 6.61 Å². The molecule has 2 nitrogen and oxygen atoms in total. The molecule has 1 fully saturated rings. The number of rotatable bonds is 2. The van der Waals surface area contributed by atoms with Crippen molar-refractivity contribution in [1.82, 2.24) is 0 Å². The summed E-state index contributed by atoms with van der Waals surface area (Å²) in [5.74, 6) is 0. The molecule has 2 rings (SSSR count). The Kier molecular flexibility index (Phi) is 3.91. The minimum atomic E-state index is -0.651. The summed E-state index contributed by atoms with van der Waals surface area (Å²) >= 11 is 13.1. The monoisotopic (exact) mass is 266 g/mol. The Balaban J connectivity index is 2.12. The summed E-state index contributed by atoms with van der Waals surface area (Å²) in [5, 5.41) is 10.1. The number of thiophene rings is 1. The van der Waals surface area contributed by atoms with E-state index in [9.17, 15) is 5.11 Å². The Bertz CT molecular complexity index is 334. The van der Waals surface area contributed by atoms with Gasteiger partial charge >= 0.3 is 0 Å². The van der Waals surface area contributed by atoms with Gasteiger partial charge in [-0.15, -0.1) is 11.3 Å². The first-order valence-electron chi connectivity index (χ1n) is 4.93. The molecule has 0 radical (unpaired) electrons. The summed E-state index contributed by atoms with van der Waals surface area (Å²) in [4.78, 5) is 0. The zero-order valence-electron chi connectivity index (χ0n) is 8.08. The van der Waals surface area contributed by atoms with Crippen LogP contribution in [-0.2, 0) is 4.74 Å². The second kappa shape index (κ2) is 5.02. The number of hydrogen-bond acceptors (Lipinski definition) is 3. The molecule has 1 aliphatic heterocycles. The van der Waals surface area contributed by atoms with E-state index in [-0.39, 0.29) is 6.10 Å². The van der Waals surface area contributed by atoms with Crippen LogP contribution >= 0.6 is 34.5 Å². The lowest BCUT2D eigenvalue weighted by Crippen LogP contribution is -2.26. The zero-order valence-corrected chi connectivity index (χ0v) is 10.4. The molecule has 15 heavy (non-hydrogen) atoms. The van der Waals surface area contributed by atoms with Crippen LogP contribution in [0, 0.1) is 0 Å². The largest absolute Gasteiger partial charge is 0.386 e. The molecule has 0 amide bonds. The highest BCUT2D eigenvalue weighted by molar-refractivity contribution is 7.20. The number of halogens is 2. The summed E-state index contributed by atoms with van der Waals surface area (Å²) in [6, 6.07) is 1.72. The maximum atomic E-state index is 10.1. The first-order valence-corrected chi connectivity index (χ1v) is 6.50. The van der Waals surface area contributed by atoms with E-state index < -0.39 is 6.10 Å². The second-order valence-corrected chi connectivity index (χ2v) is 5.91. The lowest BCUT2D eigenvalue weighted by molar-refractivity contribution is -0.0631. The van der Waals surface area contributed by atoms with Crippen molar-refractivity contribution >= 4 is 34.5 Å². The van der Waals surface area contributed by atoms with Crippen LogP contribution in [0.2, 0.25) is 8.67 Å². The van der Waals surface area contributed by atoms with Crippen molar-refractivity contribution in [2.24, 2.45) is 0 Å². The molecule has 0 aromatic carbocycles. The Hall–Kier alpha value is 0.200. The standard InChI is InChI=1S/C10H12Cl2O2S/c11-8-5-6(10(12)15-8)9(13)7-3-1-2-4-14-7/h5,7,9,13H,1-4H2. The van der Waals surface area contributed by atoms with Crippen LogP contribution in [0.5, 0.6) is 0 Å². The van der Waals surface area contributed by atoms with Crippen LogP contribution in [0.1, 0.15) is 30.9 Å². The molecule has 1 aromatic rings. The lowest BCUT2D eigenvalue weighted by Gasteiger charge is -2.26. The zero-order chi connectivity index (χ0) is 10.8. The molecule has 2 heterocycles. The minimum Gasteiger partial charge on any atom is -0.386 e. The molecule has 1 saturated heterocycles. The van der Waals surface area contributed by atoms with Gasteiger partial charge in [-0.3, -0.25) is 0 Å². The average molecular weight is 267 g/mol. The van der Waals surface area contributed by atoms with Crippen LogP contribution in [0.15, 0.2) is 6.07 Å². The Labute approximate surface area is 103 Å². The number of ether oxygens (including phenoxy) is 1. The fraction of sp³-hybridized carbons (Fsp3) is 0.600. The van der Waals surface area contributed by atoms with Gasteiger partial charge in [-0.05, 0) is 25.3 Å². The highest BCUT2D eigenvalue weighted by atomic mass is 35.5. The predicted molar refractivity (Wildman–Crippen MR) is 62.9 cm³/mol.